The van der Waals surface area contributed by atoms with E-state index in [1.54, 1.807) is 6.20 Å². The molecule has 0 aliphatic heterocycles. The van der Waals surface area contributed by atoms with Gasteiger partial charge in [-0.05, 0) is 37.9 Å². The molecule has 1 aromatic heterocycles. The Bertz CT molecular complexity index is 356. The van der Waals surface area contributed by atoms with Crippen molar-refractivity contribution in [3.63, 3.8) is 0 Å². The minimum Gasteiger partial charge on any atom is -0.396 e. The van der Waals surface area contributed by atoms with Gasteiger partial charge in [0.2, 0.25) is 0 Å². The molecule has 0 unspecified atom stereocenters. The van der Waals surface area contributed by atoms with Gasteiger partial charge in [-0.15, -0.1) is 0 Å². The van der Waals surface area contributed by atoms with Crippen LogP contribution in [0, 0.1) is 5.41 Å². The summed E-state index contributed by atoms with van der Waals surface area (Å²) in [7, 11) is 0. The summed E-state index contributed by atoms with van der Waals surface area (Å²) in [6.07, 6.45) is 1.78. The van der Waals surface area contributed by atoms with Crippen molar-refractivity contribution in [1.29, 1.82) is 0 Å². The van der Waals surface area contributed by atoms with Gasteiger partial charge in [0.05, 0.1) is 5.69 Å². The normalized spacial score (nSPS) is 11.8. The number of rotatable bonds is 5. The highest BCUT2D eigenvalue weighted by Crippen LogP contribution is 2.19. The van der Waals surface area contributed by atoms with Gasteiger partial charge < -0.3 is 10.4 Å². The first-order chi connectivity index (χ1) is 7.44. The fourth-order valence-corrected chi connectivity index (χ4v) is 2.28. The molecule has 1 rings (SSSR count). The molecule has 5 heteroatoms. The van der Waals surface area contributed by atoms with Crippen LogP contribution in [0.15, 0.2) is 21.2 Å². The molecular formula is C11H16Br2N2O. The van der Waals surface area contributed by atoms with Crippen LogP contribution in [0.1, 0.15) is 19.5 Å². The second-order valence-electron chi connectivity index (χ2n) is 4.51. The van der Waals surface area contributed by atoms with E-state index in [9.17, 15) is 0 Å². The van der Waals surface area contributed by atoms with Crippen LogP contribution in [0.2, 0.25) is 0 Å². The minimum atomic E-state index is -0.0954. The van der Waals surface area contributed by atoms with Gasteiger partial charge >= 0.3 is 0 Å². The predicted molar refractivity (Wildman–Crippen MR) is 72.2 cm³/mol. The van der Waals surface area contributed by atoms with E-state index in [0.29, 0.717) is 6.54 Å². The van der Waals surface area contributed by atoms with Crippen LogP contribution in [-0.2, 0) is 6.54 Å². The quantitative estimate of drug-likeness (QED) is 0.857. The van der Waals surface area contributed by atoms with Crippen LogP contribution in [0.5, 0.6) is 0 Å². The highest BCUT2D eigenvalue weighted by molar-refractivity contribution is 9.11. The van der Waals surface area contributed by atoms with E-state index >= 15 is 0 Å². The number of hydrogen-bond donors (Lipinski definition) is 2. The zero-order valence-electron chi connectivity index (χ0n) is 9.43. The summed E-state index contributed by atoms with van der Waals surface area (Å²) in [6, 6.07) is 1.97. The zero-order valence-corrected chi connectivity index (χ0v) is 12.6. The molecule has 0 amide bonds. The summed E-state index contributed by atoms with van der Waals surface area (Å²) in [5.74, 6) is 0. The first kappa shape index (κ1) is 14.1. The molecule has 0 radical (unpaired) electrons. The Kier molecular flexibility index (Phi) is 5.37. The van der Waals surface area contributed by atoms with Crippen molar-refractivity contribution in [3.8, 4) is 0 Å². The van der Waals surface area contributed by atoms with Gasteiger partial charge in [0.1, 0.15) is 0 Å². The van der Waals surface area contributed by atoms with Crippen molar-refractivity contribution in [2.24, 2.45) is 5.41 Å². The lowest BCUT2D eigenvalue weighted by atomic mass is 9.95. The number of halogens is 2. The molecule has 0 fully saturated rings. The molecule has 0 aliphatic carbocycles. The molecule has 90 valence electrons. The molecule has 0 atom stereocenters. The number of hydrogen-bond acceptors (Lipinski definition) is 3. The lowest BCUT2D eigenvalue weighted by molar-refractivity contribution is 0.156. The van der Waals surface area contributed by atoms with Gasteiger partial charge in [0, 0.05) is 40.3 Å². The molecule has 1 aromatic rings. The molecule has 2 N–H and O–H groups in total. The number of nitrogens with one attached hydrogen (secondary N) is 1. The Hall–Kier alpha value is 0.0300. The molecule has 0 bridgehead atoms. The van der Waals surface area contributed by atoms with E-state index in [1.165, 1.54) is 0 Å². The maximum absolute atomic E-state index is 9.11. The van der Waals surface area contributed by atoms with Crippen LogP contribution in [-0.4, -0.2) is 23.2 Å². The summed E-state index contributed by atoms with van der Waals surface area (Å²) in [5.41, 5.74) is 0.874. The van der Waals surface area contributed by atoms with Crippen LogP contribution in [0.25, 0.3) is 0 Å². The smallest absolute Gasteiger partial charge is 0.0684 e. The monoisotopic (exact) mass is 350 g/mol. The molecule has 0 saturated carbocycles. The third-order valence-electron chi connectivity index (χ3n) is 2.21. The molecule has 1 heterocycles. The molecule has 16 heavy (non-hydrogen) atoms. The number of pyridine rings is 1. The van der Waals surface area contributed by atoms with Crippen molar-refractivity contribution in [3.05, 3.63) is 26.9 Å². The Morgan fingerprint density at radius 1 is 1.44 bits per heavy atom. The summed E-state index contributed by atoms with van der Waals surface area (Å²) in [6.45, 7) is 5.66. The number of aliphatic hydroxyl groups is 1. The topological polar surface area (TPSA) is 45.1 Å². The summed E-state index contributed by atoms with van der Waals surface area (Å²) in [4.78, 5) is 4.30. The minimum absolute atomic E-state index is 0.0954. The van der Waals surface area contributed by atoms with Crippen molar-refractivity contribution in [2.75, 3.05) is 13.2 Å². The van der Waals surface area contributed by atoms with E-state index in [0.717, 1.165) is 21.2 Å². The van der Waals surface area contributed by atoms with E-state index in [2.05, 4.69) is 42.2 Å². The third-order valence-corrected chi connectivity index (χ3v) is 3.33. The summed E-state index contributed by atoms with van der Waals surface area (Å²) in [5, 5.41) is 12.4. The average molecular weight is 352 g/mol. The first-order valence-corrected chi connectivity index (χ1v) is 6.65. The Labute approximate surface area is 113 Å². The Balaban J connectivity index is 2.49. The Morgan fingerprint density at radius 3 is 2.69 bits per heavy atom. The second-order valence-corrected chi connectivity index (χ2v) is 6.28. The largest absolute Gasteiger partial charge is 0.396 e. The van der Waals surface area contributed by atoms with Crippen LogP contribution in [0.4, 0.5) is 0 Å². The number of aromatic nitrogens is 1. The van der Waals surface area contributed by atoms with E-state index in [1.807, 2.05) is 19.9 Å². The second kappa shape index (κ2) is 6.10. The lowest BCUT2D eigenvalue weighted by Crippen LogP contribution is -2.32. The van der Waals surface area contributed by atoms with Crippen LogP contribution >= 0.6 is 31.9 Å². The molecule has 3 nitrogen and oxygen atoms in total. The molecular weight excluding hydrogens is 336 g/mol. The fourth-order valence-electron chi connectivity index (χ4n) is 1.15. The maximum Gasteiger partial charge on any atom is 0.0684 e. The SMILES string of the molecule is CC(C)(CO)CNCc1ncc(Br)cc1Br. The average Bonchev–Trinajstić information content (AvgIpc) is 2.21. The third kappa shape index (κ3) is 4.49. The van der Waals surface area contributed by atoms with E-state index in [-0.39, 0.29) is 12.0 Å². The molecule has 0 aliphatic rings. The molecule has 0 aromatic carbocycles. The van der Waals surface area contributed by atoms with Crippen molar-refractivity contribution >= 4 is 31.9 Å². The van der Waals surface area contributed by atoms with Gasteiger partial charge in [0.25, 0.3) is 0 Å². The number of aliphatic hydroxyl groups excluding tert-OH is 1. The van der Waals surface area contributed by atoms with Crippen molar-refractivity contribution in [2.45, 2.75) is 20.4 Å². The van der Waals surface area contributed by atoms with E-state index in [4.69, 9.17) is 5.11 Å². The first-order valence-electron chi connectivity index (χ1n) is 5.06. The van der Waals surface area contributed by atoms with Gasteiger partial charge in [-0.2, -0.15) is 0 Å². The highest BCUT2D eigenvalue weighted by atomic mass is 79.9. The standard InChI is InChI=1S/C11H16Br2N2O/c1-11(2,7-16)6-14-5-10-9(13)3-8(12)4-15-10/h3-4,14,16H,5-7H2,1-2H3. The fraction of sp³-hybridized carbons (Fsp3) is 0.545. The predicted octanol–water partition coefficient (Wildman–Crippen LogP) is 2.71. The van der Waals surface area contributed by atoms with Gasteiger partial charge in [-0.25, -0.2) is 0 Å². The highest BCUT2D eigenvalue weighted by Gasteiger charge is 2.15. The molecule has 0 saturated heterocycles. The molecule has 0 spiro atoms. The zero-order chi connectivity index (χ0) is 12.2. The summed E-state index contributed by atoms with van der Waals surface area (Å²) >= 11 is 6.82. The van der Waals surface area contributed by atoms with Gasteiger partial charge in [0.15, 0.2) is 0 Å². The van der Waals surface area contributed by atoms with Gasteiger partial charge in [-0.1, -0.05) is 13.8 Å². The van der Waals surface area contributed by atoms with Crippen molar-refractivity contribution < 1.29 is 5.11 Å². The van der Waals surface area contributed by atoms with Gasteiger partial charge in [-0.3, -0.25) is 4.98 Å². The van der Waals surface area contributed by atoms with Crippen molar-refractivity contribution in [1.82, 2.24) is 10.3 Å². The van der Waals surface area contributed by atoms with Crippen LogP contribution in [0.3, 0.4) is 0 Å². The maximum atomic E-state index is 9.11. The van der Waals surface area contributed by atoms with Crippen LogP contribution < -0.4 is 5.32 Å². The van der Waals surface area contributed by atoms with E-state index < -0.39 is 0 Å². The lowest BCUT2D eigenvalue weighted by Gasteiger charge is -2.21. The summed E-state index contributed by atoms with van der Waals surface area (Å²) < 4.78 is 1.94. The Morgan fingerprint density at radius 2 is 2.12 bits per heavy atom. The number of nitrogens with zero attached hydrogens (tertiary/aromatic N) is 1.